The lowest BCUT2D eigenvalue weighted by Gasteiger charge is -2.62. The molecule has 0 radical (unpaired) electrons. The summed E-state index contributed by atoms with van der Waals surface area (Å²) in [6.45, 7) is 15.4. The maximum absolute atomic E-state index is 12.4. The largest absolute Gasteiger partial charge is 1.00 e. The van der Waals surface area contributed by atoms with Crippen molar-refractivity contribution in [3.05, 3.63) is 12.7 Å². The summed E-state index contributed by atoms with van der Waals surface area (Å²) in [6.07, 6.45) is 13.8. The average molecular weight is 610 g/mol. The zero-order chi connectivity index (χ0) is 26.7. The number of aliphatic hydroxyl groups is 1. The van der Waals surface area contributed by atoms with Crippen LogP contribution in [-0.4, -0.2) is 79.2 Å². The number of ether oxygens (including phenoxy) is 2. The maximum atomic E-state index is 12.4. The fraction of sp³-hybridized carbons (Fsp3) is 0.906. The van der Waals surface area contributed by atoms with Crippen molar-refractivity contribution in [2.45, 2.75) is 115 Å². The van der Waals surface area contributed by atoms with Crippen molar-refractivity contribution in [2.75, 3.05) is 32.8 Å². The third-order valence-electron chi connectivity index (χ3n) is 12.9. The van der Waals surface area contributed by atoms with E-state index in [2.05, 4.69) is 31.4 Å². The lowest BCUT2D eigenvalue weighted by atomic mass is 9.44. The maximum Gasteiger partial charge on any atom is 0.303 e. The van der Waals surface area contributed by atoms with E-state index in [-0.39, 0.29) is 52.0 Å². The van der Waals surface area contributed by atoms with E-state index in [1.165, 1.54) is 51.5 Å². The highest BCUT2D eigenvalue weighted by Gasteiger charge is 2.66. The van der Waals surface area contributed by atoms with Crippen LogP contribution in [0.3, 0.4) is 0 Å². The minimum absolute atomic E-state index is 0. The number of fused-ring (bicyclic) bond motifs is 5. The van der Waals surface area contributed by atoms with Crippen LogP contribution in [0.2, 0.25) is 0 Å². The summed E-state index contributed by atoms with van der Waals surface area (Å²) in [6, 6.07) is 1.31. The number of carbonyl (C=O) groups excluding carboxylic acids is 1. The minimum atomic E-state index is -0.207. The Labute approximate surface area is 247 Å². The Morgan fingerprint density at radius 1 is 1.13 bits per heavy atom. The van der Waals surface area contributed by atoms with Gasteiger partial charge in [-0.2, -0.15) is 0 Å². The molecular formula is C32H53BrN2O4. The average Bonchev–Trinajstić information content (AvgIpc) is 3.46. The lowest BCUT2D eigenvalue weighted by molar-refractivity contribution is -0.939. The summed E-state index contributed by atoms with van der Waals surface area (Å²) in [5.41, 5.74) is 0.361. The highest BCUT2D eigenvalue weighted by Crippen LogP contribution is 2.66. The number of esters is 1. The number of halogens is 1. The number of hydrogen-bond acceptors (Lipinski definition) is 5. The fourth-order valence-electron chi connectivity index (χ4n) is 11.2. The molecule has 0 spiro atoms. The van der Waals surface area contributed by atoms with Gasteiger partial charge >= 0.3 is 5.97 Å². The molecule has 0 aromatic rings. The van der Waals surface area contributed by atoms with Crippen molar-refractivity contribution in [2.24, 2.45) is 34.5 Å². The van der Waals surface area contributed by atoms with Crippen LogP contribution in [0.5, 0.6) is 0 Å². The molecule has 222 valence electrons. The monoisotopic (exact) mass is 608 g/mol. The number of likely N-dealkylation sites (tertiary alicyclic amines) is 1. The van der Waals surface area contributed by atoms with Gasteiger partial charge in [0.25, 0.3) is 0 Å². The third kappa shape index (κ3) is 5.08. The molecule has 6 fully saturated rings. The molecule has 39 heavy (non-hydrogen) atoms. The molecular weight excluding hydrogens is 556 g/mol. The number of nitrogens with zero attached hydrogens (tertiary/aromatic N) is 1. The van der Waals surface area contributed by atoms with Gasteiger partial charge in [-0.25, -0.2) is 0 Å². The first-order valence-corrected chi connectivity index (χ1v) is 15.9. The topological polar surface area (TPSA) is 63.4 Å². The van der Waals surface area contributed by atoms with Gasteiger partial charge in [0.05, 0.1) is 31.9 Å². The lowest BCUT2D eigenvalue weighted by Crippen LogP contribution is -3.18. The van der Waals surface area contributed by atoms with Crippen molar-refractivity contribution in [1.82, 2.24) is 4.90 Å². The predicted molar refractivity (Wildman–Crippen MR) is 148 cm³/mol. The van der Waals surface area contributed by atoms with Gasteiger partial charge in [0.2, 0.25) is 0 Å². The Balaban J connectivity index is 0.00000308. The molecule has 0 aromatic heterocycles. The van der Waals surface area contributed by atoms with Gasteiger partial charge in [0.15, 0.2) is 6.10 Å². The summed E-state index contributed by atoms with van der Waals surface area (Å²) >= 11 is 0. The van der Waals surface area contributed by atoms with Gasteiger partial charge < -0.3 is 36.5 Å². The molecule has 0 amide bonds. The standard InChI is InChI=1S/C32H52N2O4.BrH/c1-5-7-23-8-6-13-34(23)27-19-26-24-10-9-22-18-29(36)28(33-14-16-37-17-15-33)20-32(22,4)25(24)11-12-31(26,3)30(27)38-21(2)35;/h5,22-30,36H,1,6-20H2,2-4H3;1H/t22-,23?,24?,25?,26?,27-,28-,29-,30-,31-,32-;/m0./s1. The van der Waals surface area contributed by atoms with Gasteiger partial charge in [-0.05, 0) is 67.6 Å². The molecule has 5 unspecified atom stereocenters. The van der Waals surface area contributed by atoms with Crippen LogP contribution in [-0.2, 0) is 14.3 Å². The normalized spacial score (nSPS) is 49.7. The Morgan fingerprint density at radius 2 is 1.90 bits per heavy atom. The van der Waals surface area contributed by atoms with Gasteiger partial charge in [0.1, 0.15) is 6.04 Å². The fourth-order valence-corrected chi connectivity index (χ4v) is 11.2. The van der Waals surface area contributed by atoms with Crippen molar-refractivity contribution in [3.63, 3.8) is 0 Å². The highest BCUT2D eigenvalue weighted by atomic mass is 79.9. The molecule has 6 aliphatic rings. The van der Waals surface area contributed by atoms with E-state index in [9.17, 15) is 9.90 Å². The molecule has 0 bridgehead atoms. The van der Waals surface area contributed by atoms with Crippen LogP contribution in [0.15, 0.2) is 12.7 Å². The van der Waals surface area contributed by atoms with Crippen molar-refractivity contribution < 1.29 is 41.3 Å². The first kappa shape index (κ1) is 30.0. The zero-order valence-electron chi connectivity index (χ0n) is 24.6. The predicted octanol–water partition coefficient (Wildman–Crippen LogP) is 0.238. The van der Waals surface area contributed by atoms with Crippen LogP contribution in [0.4, 0.5) is 0 Å². The smallest absolute Gasteiger partial charge is 0.303 e. The Morgan fingerprint density at radius 3 is 2.62 bits per heavy atom. The number of nitrogens with one attached hydrogen (secondary N) is 1. The number of quaternary nitrogens is 1. The molecule has 7 heteroatoms. The first-order valence-electron chi connectivity index (χ1n) is 15.9. The highest BCUT2D eigenvalue weighted by molar-refractivity contribution is 5.66. The van der Waals surface area contributed by atoms with Crippen LogP contribution in [0.1, 0.15) is 85.0 Å². The summed E-state index contributed by atoms with van der Waals surface area (Å²) in [5, 5.41) is 11.3. The molecule has 12 atom stereocenters. The number of rotatable bonds is 5. The van der Waals surface area contributed by atoms with Gasteiger partial charge in [-0.3, -0.25) is 9.69 Å². The molecule has 6 nitrogen and oxygen atoms in total. The van der Waals surface area contributed by atoms with E-state index in [4.69, 9.17) is 9.47 Å². The number of morpholine rings is 1. The number of carbonyl (C=O) groups is 1. The van der Waals surface area contributed by atoms with E-state index in [0.717, 1.165) is 45.6 Å². The molecule has 6 rings (SSSR count). The SMILES string of the molecule is C=CCC1CCC[NH+]1[C@H]1CC2C3CC[C@H]4C[C@H](O)[C@@H](N5CCOCC5)C[C@]4(C)C3CC[C@]2(C)[C@H]1OC(C)=O.[Br-]. The van der Waals surface area contributed by atoms with E-state index >= 15 is 0 Å². The first-order chi connectivity index (χ1) is 18.3. The molecule has 4 aliphatic carbocycles. The van der Waals surface area contributed by atoms with E-state index in [1.54, 1.807) is 11.8 Å². The van der Waals surface area contributed by atoms with E-state index in [1.807, 2.05) is 0 Å². The second-order valence-corrected chi connectivity index (χ2v) is 14.5. The molecule has 2 aliphatic heterocycles. The van der Waals surface area contributed by atoms with Crippen LogP contribution >= 0.6 is 0 Å². The molecule has 2 N–H and O–H groups in total. The van der Waals surface area contributed by atoms with Crippen molar-refractivity contribution in [3.8, 4) is 0 Å². The third-order valence-corrected chi connectivity index (χ3v) is 12.9. The second-order valence-electron chi connectivity index (χ2n) is 14.5. The van der Waals surface area contributed by atoms with Gasteiger partial charge in [0, 0.05) is 57.2 Å². The van der Waals surface area contributed by atoms with E-state index in [0.29, 0.717) is 35.8 Å². The molecule has 0 aromatic carbocycles. The Bertz CT molecular complexity index is 897. The van der Waals surface area contributed by atoms with Crippen molar-refractivity contribution >= 4 is 5.97 Å². The van der Waals surface area contributed by atoms with Crippen LogP contribution in [0, 0.1) is 34.5 Å². The number of hydrogen-bond donors (Lipinski definition) is 2. The van der Waals surface area contributed by atoms with Gasteiger partial charge in [-0.15, -0.1) is 6.58 Å². The quantitative estimate of drug-likeness (QED) is 0.346. The summed E-state index contributed by atoms with van der Waals surface area (Å²) in [5.74, 6) is 2.57. The summed E-state index contributed by atoms with van der Waals surface area (Å²) in [4.78, 5) is 16.7. The molecule has 2 heterocycles. The van der Waals surface area contributed by atoms with E-state index < -0.39 is 0 Å². The van der Waals surface area contributed by atoms with Gasteiger partial charge in [-0.1, -0.05) is 19.9 Å². The summed E-state index contributed by atoms with van der Waals surface area (Å²) < 4.78 is 12.0. The van der Waals surface area contributed by atoms with Crippen LogP contribution in [0.25, 0.3) is 0 Å². The minimum Gasteiger partial charge on any atom is -1.00 e. The Hall–Kier alpha value is -0.470. The zero-order valence-corrected chi connectivity index (χ0v) is 26.2. The van der Waals surface area contributed by atoms with Crippen molar-refractivity contribution in [1.29, 1.82) is 0 Å². The summed E-state index contributed by atoms with van der Waals surface area (Å²) in [7, 11) is 0. The van der Waals surface area contributed by atoms with Crippen LogP contribution < -0.4 is 21.9 Å². The molecule has 4 saturated carbocycles. The number of aliphatic hydroxyl groups excluding tert-OH is 1. The second kappa shape index (κ2) is 11.7. The Kier molecular flexibility index (Phi) is 8.97. The molecule has 2 saturated heterocycles.